The van der Waals surface area contributed by atoms with Gasteiger partial charge in [0, 0.05) is 5.54 Å². The summed E-state index contributed by atoms with van der Waals surface area (Å²) >= 11 is 0. The second-order valence-corrected chi connectivity index (χ2v) is 6.33. The number of hydrogen-bond acceptors (Lipinski definition) is 2. The number of nitrogens with zero attached hydrogens (tertiary/aromatic N) is 1. The van der Waals surface area contributed by atoms with E-state index in [-0.39, 0.29) is 11.6 Å². The van der Waals surface area contributed by atoms with Crippen molar-refractivity contribution in [3.05, 3.63) is 35.4 Å². The van der Waals surface area contributed by atoms with Gasteiger partial charge in [-0.1, -0.05) is 52.0 Å². The van der Waals surface area contributed by atoms with E-state index in [0.717, 1.165) is 38.8 Å². The Morgan fingerprint density at radius 2 is 1.76 bits per heavy atom. The lowest BCUT2D eigenvalue weighted by Gasteiger charge is -2.47. The first-order chi connectivity index (χ1) is 10.1. The van der Waals surface area contributed by atoms with Gasteiger partial charge in [0.15, 0.2) is 0 Å². The first-order valence-corrected chi connectivity index (χ1v) is 8.63. The molecule has 0 saturated carbocycles. The molecule has 0 saturated heterocycles. The third-order valence-corrected chi connectivity index (χ3v) is 5.71. The van der Waals surface area contributed by atoms with Crippen molar-refractivity contribution >= 4 is 0 Å². The summed E-state index contributed by atoms with van der Waals surface area (Å²) in [6, 6.07) is 8.68. The Labute approximate surface area is 130 Å². The Morgan fingerprint density at radius 1 is 1.14 bits per heavy atom. The van der Waals surface area contributed by atoms with Gasteiger partial charge < -0.3 is 5.11 Å². The predicted molar refractivity (Wildman–Crippen MR) is 89.7 cm³/mol. The molecule has 2 heteroatoms. The molecule has 0 fully saturated rings. The van der Waals surface area contributed by atoms with Gasteiger partial charge in [0.25, 0.3) is 0 Å². The summed E-state index contributed by atoms with van der Waals surface area (Å²) in [5.74, 6) is 0.546. The van der Waals surface area contributed by atoms with Crippen molar-refractivity contribution in [3.8, 4) is 0 Å². The molecule has 0 aliphatic heterocycles. The molecular weight excluding hydrogens is 258 g/mol. The van der Waals surface area contributed by atoms with Crippen LogP contribution < -0.4 is 0 Å². The van der Waals surface area contributed by atoms with Gasteiger partial charge in [-0.15, -0.1) is 0 Å². The molecule has 1 aliphatic rings. The van der Waals surface area contributed by atoms with Crippen LogP contribution in [0.4, 0.5) is 0 Å². The minimum absolute atomic E-state index is 0.0615. The molecule has 1 N–H and O–H groups in total. The predicted octanol–water partition coefficient (Wildman–Crippen LogP) is 3.98. The van der Waals surface area contributed by atoms with E-state index < -0.39 is 0 Å². The molecule has 2 atom stereocenters. The van der Waals surface area contributed by atoms with E-state index in [4.69, 9.17) is 0 Å². The van der Waals surface area contributed by atoms with Crippen LogP contribution in [0.2, 0.25) is 0 Å². The highest BCUT2D eigenvalue weighted by atomic mass is 16.3. The van der Waals surface area contributed by atoms with Crippen LogP contribution in [0.5, 0.6) is 0 Å². The number of fused-ring (bicyclic) bond motifs is 1. The zero-order valence-electron chi connectivity index (χ0n) is 14.1. The molecule has 0 amide bonds. The first kappa shape index (κ1) is 16.5. The SMILES string of the molecule is CCN(CC)C(CC)(CC)C(O)CC1Cc2ccccc21. The fraction of sp³-hybridized carbons (Fsp3) is 0.684. The minimum atomic E-state index is -0.245. The fourth-order valence-corrected chi connectivity index (χ4v) is 4.29. The molecule has 21 heavy (non-hydrogen) atoms. The van der Waals surface area contributed by atoms with Crippen LogP contribution in [0, 0.1) is 0 Å². The highest BCUT2D eigenvalue weighted by Crippen LogP contribution is 2.41. The molecule has 2 unspecified atom stereocenters. The lowest BCUT2D eigenvalue weighted by Crippen LogP contribution is -2.56. The van der Waals surface area contributed by atoms with Crippen molar-refractivity contribution in [2.75, 3.05) is 13.1 Å². The van der Waals surface area contributed by atoms with Gasteiger partial charge >= 0.3 is 0 Å². The Balaban J connectivity index is 2.12. The molecule has 0 radical (unpaired) electrons. The molecule has 0 heterocycles. The van der Waals surface area contributed by atoms with E-state index in [1.54, 1.807) is 0 Å². The van der Waals surface area contributed by atoms with Crippen molar-refractivity contribution in [3.63, 3.8) is 0 Å². The fourth-order valence-electron chi connectivity index (χ4n) is 4.29. The molecule has 1 aliphatic carbocycles. The summed E-state index contributed by atoms with van der Waals surface area (Å²) in [4.78, 5) is 2.46. The van der Waals surface area contributed by atoms with Crippen molar-refractivity contribution in [2.24, 2.45) is 0 Å². The van der Waals surface area contributed by atoms with Gasteiger partial charge in [-0.2, -0.15) is 0 Å². The zero-order chi connectivity index (χ0) is 15.5. The smallest absolute Gasteiger partial charge is 0.0729 e. The van der Waals surface area contributed by atoms with E-state index in [9.17, 15) is 5.11 Å². The largest absolute Gasteiger partial charge is 0.391 e. The number of aliphatic hydroxyl groups excluding tert-OH is 1. The second-order valence-electron chi connectivity index (χ2n) is 6.33. The van der Waals surface area contributed by atoms with E-state index in [2.05, 4.69) is 56.9 Å². The van der Waals surface area contributed by atoms with Crippen LogP contribution in [-0.2, 0) is 6.42 Å². The van der Waals surface area contributed by atoms with Crippen LogP contribution in [0.25, 0.3) is 0 Å². The maximum absolute atomic E-state index is 11.0. The lowest BCUT2D eigenvalue weighted by atomic mass is 9.71. The molecular formula is C19H31NO. The normalized spacial score (nSPS) is 19.2. The second kappa shape index (κ2) is 6.93. The molecule has 118 valence electrons. The third-order valence-electron chi connectivity index (χ3n) is 5.71. The van der Waals surface area contributed by atoms with Crippen LogP contribution in [0.15, 0.2) is 24.3 Å². The first-order valence-electron chi connectivity index (χ1n) is 8.63. The molecule has 1 aromatic carbocycles. The summed E-state index contributed by atoms with van der Waals surface area (Å²) < 4.78 is 0. The van der Waals surface area contributed by atoms with Crippen molar-refractivity contribution in [2.45, 2.75) is 70.9 Å². The number of hydrogen-bond donors (Lipinski definition) is 1. The average Bonchev–Trinajstić information content (AvgIpc) is 2.50. The van der Waals surface area contributed by atoms with Crippen molar-refractivity contribution in [1.29, 1.82) is 0 Å². The topological polar surface area (TPSA) is 23.5 Å². The Kier molecular flexibility index (Phi) is 5.45. The van der Waals surface area contributed by atoms with E-state index in [0.29, 0.717) is 5.92 Å². The van der Waals surface area contributed by atoms with E-state index >= 15 is 0 Å². The van der Waals surface area contributed by atoms with Gasteiger partial charge in [0.05, 0.1) is 6.10 Å². The average molecular weight is 289 g/mol. The molecule has 0 aromatic heterocycles. The van der Waals surface area contributed by atoms with Crippen LogP contribution in [0.3, 0.4) is 0 Å². The minimum Gasteiger partial charge on any atom is -0.391 e. The van der Waals surface area contributed by atoms with Crippen molar-refractivity contribution in [1.82, 2.24) is 4.90 Å². The van der Waals surface area contributed by atoms with Gasteiger partial charge in [-0.25, -0.2) is 0 Å². The zero-order valence-corrected chi connectivity index (χ0v) is 14.1. The Morgan fingerprint density at radius 3 is 2.29 bits per heavy atom. The van der Waals surface area contributed by atoms with Gasteiger partial charge in [-0.3, -0.25) is 4.90 Å². The summed E-state index contributed by atoms with van der Waals surface area (Å²) in [6.07, 6.45) is 3.82. The van der Waals surface area contributed by atoms with Crippen molar-refractivity contribution < 1.29 is 5.11 Å². The summed E-state index contributed by atoms with van der Waals surface area (Å²) in [5, 5.41) is 11.0. The van der Waals surface area contributed by atoms with Crippen LogP contribution in [-0.4, -0.2) is 34.7 Å². The molecule has 0 spiro atoms. The van der Waals surface area contributed by atoms with Gasteiger partial charge in [0.2, 0.25) is 0 Å². The van der Waals surface area contributed by atoms with Crippen LogP contribution >= 0.6 is 0 Å². The third kappa shape index (κ3) is 2.89. The highest BCUT2D eigenvalue weighted by molar-refractivity contribution is 5.40. The molecule has 2 nitrogen and oxygen atoms in total. The number of benzene rings is 1. The summed E-state index contributed by atoms with van der Waals surface area (Å²) in [7, 11) is 0. The maximum atomic E-state index is 11.0. The molecule has 1 aromatic rings. The number of rotatable bonds is 8. The number of likely N-dealkylation sites (N-methyl/N-ethyl adjacent to an activating group) is 1. The quantitative estimate of drug-likeness (QED) is 0.782. The summed E-state index contributed by atoms with van der Waals surface area (Å²) in [6.45, 7) is 10.9. The van der Waals surface area contributed by atoms with E-state index in [1.807, 2.05) is 0 Å². The Bertz CT molecular complexity index is 449. The number of aliphatic hydroxyl groups is 1. The van der Waals surface area contributed by atoms with E-state index in [1.165, 1.54) is 11.1 Å². The van der Waals surface area contributed by atoms with Crippen LogP contribution in [0.1, 0.15) is 64.0 Å². The molecule has 2 rings (SSSR count). The Hall–Kier alpha value is -0.860. The van der Waals surface area contributed by atoms with Gasteiger partial charge in [0.1, 0.15) is 0 Å². The van der Waals surface area contributed by atoms with Gasteiger partial charge in [-0.05, 0) is 55.8 Å². The monoisotopic (exact) mass is 289 g/mol. The summed E-state index contributed by atoms with van der Waals surface area (Å²) in [5.41, 5.74) is 2.86. The highest BCUT2D eigenvalue weighted by Gasteiger charge is 2.41. The standard InChI is InChI=1S/C19H31NO/c1-5-19(6-2,20(7-3)8-4)18(21)14-16-13-15-11-9-10-12-17(15)16/h9-12,16,18,21H,5-8,13-14H2,1-4H3. The molecule has 0 bridgehead atoms. The maximum Gasteiger partial charge on any atom is 0.0729 e. The lowest BCUT2D eigenvalue weighted by molar-refractivity contribution is -0.0424.